The number of terminal acetylenes is 1. The van der Waals surface area contributed by atoms with Crippen LogP contribution in [0.5, 0.6) is 5.88 Å². The van der Waals surface area contributed by atoms with Gasteiger partial charge in [-0.3, -0.25) is 9.79 Å². The van der Waals surface area contributed by atoms with Crippen molar-refractivity contribution in [3.63, 3.8) is 0 Å². The van der Waals surface area contributed by atoms with Crippen molar-refractivity contribution >= 4 is 22.7 Å². The van der Waals surface area contributed by atoms with Crippen LogP contribution in [-0.2, 0) is 12.0 Å². The van der Waals surface area contributed by atoms with Crippen molar-refractivity contribution in [2.75, 3.05) is 6.61 Å². The zero-order valence-corrected chi connectivity index (χ0v) is 17.6. The largest absolute Gasteiger partial charge is 0.463 e. The van der Waals surface area contributed by atoms with Crippen LogP contribution in [0.3, 0.4) is 0 Å². The van der Waals surface area contributed by atoms with Gasteiger partial charge in [0.25, 0.3) is 0 Å². The molecule has 0 spiro atoms. The molecule has 1 aliphatic rings. The van der Waals surface area contributed by atoms with E-state index in [2.05, 4.69) is 36.7 Å². The molecule has 2 heterocycles. The Morgan fingerprint density at radius 1 is 1.31 bits per heavy atom. The number of Topliss-reactive ketones (excluding diaryl/α,β-unsaturated/α-hetero) is 1. The SMILES string of the molecule is C#CCOc1cnc(C(=O)Cc2cccc([C@]3(C)CC(C)(C)SC(N)=N3)c2)cn1. The molecule has 0 aliphatic carbocycles. The van der Waals surface area contributed by atoms with E-state index in [1.54, 1.807) is 11.8 Å². The average Bonchev–Trinajstić information content (AvgIpc) is 2.65. The summed E-state index contributed by atoms with van der Waals surface area (Å²) in [5, 5.41) is 0.590. The van der Waals surface area contributed by atoms with Crippen LogP contribution in [0.1, 0.15) is 48.8 Å². The van der Waals surface area contributed by atoms with Crippen LogP contribution < -0.4 is 10.5 Å². The summed E-state index contributed by atoms with van der Waals surface area (Å²) in [6, 6.07) is 7.94. The van der Waals surface area contributed by atoms with Gasteiger partial charge in [-0.25, -0.2) is 9.97 Å². The number of ketones is 1. The molecule has 6 nitrogen and oxygen atoms in total. The highest BCUT2D eigenvalue weighted by molar-refractivity contribution is 8.15. The second kappa shape index (κ2) is 8.26. The first-order valence-electron chi connectivity index (χ1n) is 9.26. The Morgan fingerprint density at radius 3 is 2.76 bits per heavy atom. The van der Waals surface area contributed by atoms with Crippen LogP contribution in [-0.4, -0.2) is 32.3 Å². The zero-order valence-electron chi connectivity index (χ0n) is 16.8. The molecule has 150 valence electrons. The first-order valence-corrected chi connectivity index (χ1v) is 10.1. The molecule has 1 aromatic carbocycles. The highest BCUT2D eigenvalue weighted by atomic mass is 32.2. The fourth-order valence-electron chi connectivity index (χ4n) is 3.56. The molecule has 0 saturated heterocycles. The molecule has 1 aromatic heterocycles. The molecule has 1 aliphatic heterocycles. The van der Waals surface area contributed by atoms with Crippen LogP contribution in [0.25, 0.3) is 0 Å². The van der Waals surface area contributed by atoms with Gasteiger partial charge >= 0.3 is 0 Å². The molecule has 0 amide bonds. The summed E-state index contributed by atoms with van der Waals surface area (Å²) in [5.74, 6) is 2.53. The summed E-state index contributed by atoms with van der Waals surface area (Å²) < 4.78 is 5.17. The first-order chi connectivity index (χ1) is 13.7. The number of benzene rings is 1. The summed E-state index contributed by atoms with van der Waals surface area (Å²) in [7, 11) is 0. The second-order valence-corrected chi connectivity index (χ2v) is 9.52. The van der Waals surface area contributed by atoms with Crippen molar-refractivity contribution in [1.82, 2.24) is 9.97 Å². The van der Waals surface area contributed by atoms with Gasteiger partial charge in [-0.1, -0.05) is 55.8 Å². The number of carbonyl (C=O) groups excluding carboxylic acids is 1. The molecule has 2 aromatic rings. The van der Waals surface area contributed by atoms with E-state index in [9.17, 15) is 4.79 Å². The number of rotatable bonds is 6. The second-order valence-electron chi connectivity index (χ2n) is 7.80. The number of thioether (sulfide) groups is 1. The molecule has 7 heteroatoms. The lowest BCUT2D eigenvalue weighted by Crippen LogP contribution is -2.38. The van der Waals surface area contributed by atoms with Gasteiger partial charge in [-0.2, -0.15) is 0 Å². The summed E-state index contributed by atoms with van der Waals surface area (Å²) in [6.07, 6.45) is 9.03. The van der Waals surface area contributed by atoms with Gasteiger partial charge in [0.2, 0.25) is 5.88 Å². The summed E-state index contributed by atoms with van der Waals surface area (Å²) in [5.41, 5.74) is 7.89. The van der Waals surface area contributed by atoms with Crippen molar-refractivity contribution in [2.24, 2.45) is 10.7 Å². The number of hydrogen-bond acceptors (Lipinski definition) is 7. The Hall–Kier alpha value is -2.85. The van der Waals surface area contributed by atoms with Gasteiger partial charge < -0.3 is 10.5 Å². The van der Waals surface area contributed by atoms with E-state index in [0.29, 0.717) is 11.0 Å². The van der Waals surface area contributed by atoms with Gasteiger partial charge in [0.05, 0.1) is 17.9 Å². The maximum atomic E-state index is 12.6. The van der Waals surface area contributed by atoms with Crippen molar-refractivity contribution in [3.8, 4) is 18.2 Å². The van der Waals surface area contributed by atoms with Crippen LogP contribution in [0.15, 0.2) is 41.7 Å². The van der Waals surface area contributed by atoms with E-state index in [1.165, 1.54) is 12.4 Å². The van der Waals surface area contributed by atoms with E-state index in [0.717, 1.165) is 17.5 Å². The fourth-order valence-corrected chi connectivity index (χ4v) is 4.73. The minimum atomic E-state index is -0.423. The normalized spacial score (nSPS) is 20.4. The van der Waals surface area contributed by atoms with Gasteiger partial charge in [-0.15, -0.1) is 6.42 Å². The first kappa shape index (κ1) is 20.9. The molecule has 29 heavy (non-hydrogen) atoms. The van der Waals surface area contributed by atoms with Crippen molar-refractivity contribution in [3.05, 3.63) is 53.5 Å². The molecule has 2 N–H and O–H groups in total. The summed E-state index contributed by atoms with van der Waals surface area (Å²) in [6.45, 7) is 6.53. The van der Waals surface area contributed by atoms with Crippen molar-refractivity contribution in [1.29, 1.82) is 0 Å². The zero-order chi connectivity index (χ0) is 21.1. The number of amidine groups is 1. The molecule has 1 atom stereocenters. The van der Waals surface area contributed by atoms with Gasteiger partial charge in [0, 0.05) is 11.2 Å². The molecule has 0 bridgehead atoms. The van der Waals surface area contributed by atoms with E-state index in [4.69, 9.17) is 21.9 Å². The Balaban J connectivity index is 1.77. The Bertz CT molecular complexity index is 979. The van der Waals surface area contributed by atoms with Gasteiger partial charge in [0.1, 0.15) is 5.69 Å². The van der Waals surface area contributed by atoms with E-state index >= 15 is 0 Å². The molecule has 3 rings (SSSR count). The number of ether oxygens (including phenoxy) is 1. The lowest BCUT2D eigenvalue weighted by atomic mass is 9.83. The number of hydrogen-bond donors (Lipinski definition) is 1. The minimum absolute atomic E-state index is 0.00870. The van der Waals surface area contributed by atoms with Gasteiger partial charge in [-0.05, 0) is 24.5 Å². The molecule has 0 saturated carbocycles. The molecular formula is C22H24N4O2S. The highest BCUT2D eigenvalue weighted by Crippen LogP contribution is 2.44. The predicted molar refractivity (Wildman–Crippen MR) is 116 cm³/mol. The number of carbonyl (C=O) groups is 1. The predicted octanol–water partition coefficient (Wildman–Crippen LogP) is 3.36. The third-order valence-electron chi connectivity index (χ3n) is 4.64. The lowest BCUT2D eigenvalue weighted by molar-refractivity contribution is 0.0987. The average molecular weight is 409 g/mol. The van der Waals surface area contributed by atoms with E-state index in [-0.39, 0.29) is 29.3 Å². The molecule has 0 unspecified atom stereocenters. The maximum absolute atomic E-state index is 12.6. The van der Waals surface area contributed by atoms with E-state index < -0.39 is 5.54 Å². The third kappa shape index (κ3) is 5.15. The Labute approximate surface area is 175 Å². The summed E-state index contributed by atoms with van der Waals surface area (Å²) in [4.78, 5) is 25.6. The fraction of sp³-hybridized carbons (Fsp3) is 0.364. The van der Waals surface area contributed by atoms with E-state index in [1.807, 2.05) is 24.3 Å². The number of aromatic nitrogens is 2. The minimum Gasteiger partial charge on any atom is -0.463 e. The van der Waals surface area contributed by atoms with Crippen LogP contribution >= 0.6 is 11.8 Å². The third-order valence-corrected chi connectivity index (χ3v) is 5.64. The molecule has 0 radical (unpaired) electrons. The topological polar surface area (TPSA) is 90.5 Å². The van der Waals surface area contributed by atoms with Crippen molar-refractivity contribution in [2.45, 2.75) is 43.9 Å². The quantitative estimate of drug-likeness (QED) is 0.582. The number of nitrogens with zero attached hydrogens (tertiary/aromatic N) is 3. The lowest BCUT2D eigenvalue weighted by Gasteiger charge is -2.39. The Morgan fingerprint density at radius 2 is 2.10 bits per heavy atom. The standard InChI is InChI=1S/C22H24N4O2S/c1-5-9-28-19-13-24-17(12-25-19)18(27)11-15-7-6-8-16(10-15)22(4)14-21(2,3)29-20(23)26-22/h1,6-8,10,12-13H,9,11,14H2,2-4H3,(H2,23,26)/t22-/m0/s1. The van der Waals surface area contributed by atoms with Crippen LogP contribution in [0.2, 0.25) is 0 Å². The van der Waals surface area contributed by atoms with Gasteiger partial charge in [0.15, 0.2) is 17.6 Å². The number of nitrogens with two attached hydrogens (primary N) is 1. The van der Waals surface area contributed by atoms with Crippen LogP contribution in [0, 0.1) is 12.3 Å². The Kier molecular flexibility index (Phi) is 5.94. The highest BCUT2D eigenvalue weighted by Gasteiger charge is 2.39. The molecular weight excluding hydrogens is 384 g/mol. The van der Waals surface area contributed by atoms with Crippen LogP contribution in [0.4, 0.5) is 0 Å². The smallest absolute Gasteiger partial charge is 0.233 e. The van der Waals surface area contributed by atoms with Crippen molar-refractivity contribution < 1.29 is 9.53 Å². The maximum Gasteiger partial charge on any atom is 0.233 e. The monoisotopic (exact) mass is 408 g/mol. The summed E-state index contributed by atoms with van der Waals surface area (Å²) >= 11 is 1.60. The molecule has 0 fully saturated rings. The number of aliphatic imine (C=N–C) groups is 1.